The second kappa shape index (κ2) is 4.09. The average Bonchev–Trinajstić information content (AvgIpc) is 2.67. The molecule has 1 unspecified atom stereocenters. The third kappa shape index (κ3) is 2.23. The van der Waals surface area contributed by atoms with E-state index in [0.29, 0.717) is 5.92 Å². The molecule has 0 saturated heterocycles. The van der Waals surface area contributed by atoms with Crippen molar-refractivity contribution in [2.75, 3.05) is 0 Å². The van der Waals surface area contributed by atoms with Crippen LogP contribution in [0.3, 0.4) is 0 Å². The standard InChI is InChI=1S/C18H28O/c1-16(2,3)13-10-8-12(9-11-13)14(19)15-17(4,5)18(15,6)7/h8-11,14-15,19H,1-7H3. The van der Waals surface area contributed by atoms with Crippen LogP contribution >= 0.6 is 0 Å². The highest BCUT2D eigenvalue weighted by Gasteiger charge is 2.67. The lowest BCUT2D eigenvalue weighted by Gasteiger charge is -2.20. The Morgan fingerprint density at radius 3 is 1.68 bits per heavy atom. The Labute approximate surface area is 118 Å². The van der Waals surface area contributed by atoms with E-state index in [1.54, 1.807) is 0 Å². The summed E-state index contributed by atoms with van der Waals surface area (Å²) >= 11 is 0. The first kappa shape index (κ1) is 14.6. The van der Waals surface area contributed by atoms with Crippen LogP contribution in [0.15, 0.2) is 24.3 Å². The molecule has 0 heterocycles. The number of hydrogen-bond donors (Lipinski definition) is 1. The number of aliphatic hydroxyl groups is 1. The molecule has 0 amide bonds. The van der Waals surface area contributed by atoms with Gasteiger partial charge in [-0.3, -0.25) is 0 Å². The Hall–Kier alpha value is -0.820. The van der Waals surface area contributed by atoms with Crippen molar-refractivity contribution in [2.45, 2.75) is 60.0 Å². The third-order valence-corrected chi connectivity index (χ3v) is 5.57. The van der Waals surface area contributed by atoms with Gasteiger partial charge in [0.1, 0.15) is 0 Å². The van der Waals surface area contributed by atoms with Crippen molar-refractivity contribution < 1.29 is 5.11 Å². The zero-order valence-electron chi connectivity index (χ0n) is 13.4. The van der Waals surface area contributed by atoms with Crippen molar-refractivity contribution in [3.8, 4) is 0 Å². The molecule has 0 aromatic heterocycles. The molecule has 0 spiro atoms. The fraction of sp³-hybridized carbons (Fsp3) is 0.667. The van der Waals surface area contributed by atoms with E-state index in [9.17, 15) is 5.11 Å². The molecule has 1 saturated carbocycles. The predicted octanol–water partition coefficient (Wildman–Crippen LogP) is 4.70. The molecule has 1 aliphatic carbocycles. The molecule has 1 aromatic carbocycles. The molecular weight excluding hydrogens is 232 g/mol. The van der Waals surface area contributed by atoms with Gasteiger partial charge in [-0.15, -0.1) is 0 Å². The number of aliphatic hydroxyl groups excluding tert-OH is 1. The van der Waals surface area contributed by atoms with E-state index >= 15 is 0 Å². The second-order valence-electron chi connectivity index (χ2n) is 8.24. The Morgan fingerprint density at radius 2 is 1.37 bits per heavy atom. The van der Waals surface area contributed by atoms with Crippen molar-refractivity contribution in [3.63, 3.8) is 0 Å². The lowest BCUT2D eigenvalue weighted by molar-refractivity contribution is 0.130. The molecule has 1 aliphatic rings. The lowest BCUT2D eigenvalue weighted by Crippen LogP contribution is -2.12. The maximum atomic E-state index is 10.6. The SMILES string of the molecule is CC(C)(C)c1ccc(C(O)C2C(C)(C)C2(C)C)cc1. The van der Waals surface area contributed by atoms with Crippen LogP contribution in [0.2, 0.25) is 0 Å². The molecule has 0 radical (unpaired) electrons. The zero-order chi connectivity index (χ0) is 14.6. The van der Waals surface area contributed by atoms with E-state index in [1.807, 2.05) is 0 Å². The van der Waals surface area contributed by atoms with Crippen molar-refractivity contribution in [2.24, 2.45) is 16.7 Å². The molecule has 1 aromatic rings. The van der Waals surface area contributed by atoms with Gasteiger partial charge in [0.2, 0.25) is 0 Å². The van der Waals surface area contributed by atoms with Crippen LogP contribution in [0.25, 0.3) is 0 Å². The van der Waals surface area contributed by atoms with Crippen LogP contribution in [0.1, 0.15) is 65.7 Å². The Bertz CT molecular complexity index is 445. The van der Waals surface area contributed by atoms with Crippen LogP contribution in [-0.4, -0.2) is 5.11 Å². The molecule has 0 bridgehead atoms. The summed E-state index contributed by atoms with van der Waals surface area (Å²) in [5.74, 6) is 0.348. The van der Waals surface area contributed by atoms with Gasteiger partial charge in [0.25, 0.3) is 0 Å². The van der Waals surface area contributed by atoms with Gasteiger partial charge in [-0.05, 0) is 27.4 Å². The first-order chi connectivity index (χ1) is 8.49. The van der Waals surface area contributed by atoms with Crippen LogP contribution in [0.4, 0.5) is 0 Å². The minimum absolute atomic E-state index is 0.168. The van der Waals surface area contributed by atoms with E-state index in [2.05, 4.69) is 72.7 Å². The highest BCUT2D eigenvalue weighted by Crippen LogP contribution is 2.72. The van der Waals surface area contributed by atoms with Crippen LogP contribution in [0, 0.1) is 16.7 Å². The molecule has 1 atom stereocenters. The van der Waals surface area contributed by atoms with Gasteiger partial charge in [-0.1, -0.05) is 72.7 Å². The highest BCUT2D eigenvalue weighted by molar-refractivity contribution is 5.31. The molecule has 1 fully saturated rings. The summed E-state index contributed by atoms with van der Waals surface area (Å²) in [6.45, 7) is 15.7. The summed E-state index contributed by atoms with van der Waals surface area (Å²) in [4.78, 5) is 0. The van der Waals surface area contributed by atoms with E-state index in [0.717, 1.165) is 5.56 Å². The van der Waals surface area contributed by atoms with Gasteiger partial charge >= 0.3 is 0 Å². The number of benzene rings is 1. The molecule has 1 nitrogen and oxygen atoms in total. The fourth-order valence-electron chi connectivity index (χ4n) is 3.41. The van der Waals surface area contributed by atoms with Crippen LogP contribution in [-0.2, 0) is 5.41 Å². The van der Waals surface area contributed by atoms with Crippen molar-refractivity contribution in [3.05, 3.63) is 35.4 Å². The van der Waals surface area contributed by atoms with Gasteiger partial charge in [0, 0.05) is 5.92 Å². The molecule has 106 valence electrons. The summed E-state index contributed by atoms with van der Waals surface area (Å²) in [5, 5.41) is 10.6. The van der Waals surface area contributed by atoms with Crippen LogP contribution in [0.5, 0.6) is 0 Å². The van der Waals surface area contributed by atoms with Gasteiger partial charge in [-0.25, -0.2) is 0 Å². The van der Waals surface area contributed by atoms with Crippen molar-refractivity contribution in [1.82, 2.24) is 0 Å². The summed E-state index contributed by atoms with van der Waals surface area (Å²) in [7, 11) is 0. The maximum absolute atomic E-state index is 10.6. The Kier molecular flexibility index (Phi) is 3.14. The average molecular weight is 260 g/mol. The van der Waals surface area contributed by atoms with E-state index < -0.39 is 0 Å². The Balaban J connectivity index is 2.21. The minimum atomic E-state index is -0.348. The van der Waals surface area contributed by atoms with Crippen LogP contribution < -0.4 is 0 Å². The van der Waals surface area contributed by atoms with Gasteiger partial charge in [-0.2, -0.15) is 0 Å². The summed E-state index contributed by atoms with van der Waals surface area (Å²) in [6.07, 6.45) is -0.348. The zero-order valence-corrected chi connectivity index (χ0v) is 13.4. The van der Waals surface area contributed by atoms with Crippen molar-refractivity contribution >= 4 is 0 Å². The lowest BCUT2D eigenvalue weighted by atomic mass is 9.86. The highest BCUT2D eigenvalue weighted by atomic mass is 16.3. The van der Waals surface area contributed by atoms with E-state index in [4.69, 9.17) is 0 Å². The largest absolute Gasteiger partial charge is 0.388 e. The predicted molar refractivity (Wildman–Crippen MR) is 81.2 cm³/mol. The number of rotatable bonds is 2. The van der Waals surface area contributed by atoms with Gasteiger partial charge < -0.3 is 5.11 Å². The molecular formula is C18H28O. The number of hydrogen-bond acceptors (Lipinski definition) is 1. The smallest absolute Gasteiger partial charge is 0.0828 e. The maximum Gasteiger partial charge on any atom is 0.0828 e. The summed E-state index contributed by atoms with van der Waals surface area (Å²) in [6, 6.07) is 8.49. The third-order valence-electron chi connectivity index (χ3n) is 5.57. The van der Waals surface area contributed by atoms with E-state index in [1.165, 1.54) is 5.56 Å². The van der Waals surface area contributed by atoms with Gasteiger partial charge in [0.05, 0.1) is 6.10 Å². The monoisotopic (exact) mass is 260 g/mol. The molecule has 1 N–H and O–H groups in total. The molecule has 0 aliphatic heterocycles. The van der Waals surface area contributed by atoms with E-state index in [-0.39, 0.29) is 22.3 Å². The molecule has 2 rings (SSSR count). The summed E-state index contributed by atoms with van der Waals surface area (Å²) < 4.78 is 0. The molecule has 1 heteroatoms. The normalized spacial score (nSPS) is 23.2. The topological polar surface area (TPSA) is 20.2 Å². The van der Waals surface area contributed by atoms with Gasteiger partial charge in [0.15, 0.2) is 0 Å². The first-order valence-electron chi connectivity index (χ1n) is 7.28. The first-order valence-corrected chi connectivity index (χ1v) is 7.28. The Morgan fingerprint density at radius 1 is 0.947 bits per heavy atom. The minimum Gasteiger partial charge on any atom is -0.388 e. The van der Waals surface area contributed by atoms with Crippen molar-refractivity contribution in [1.29, 1.82) is 0 Å². The quantitative estimate of drug-likeness (QED) is 0.817. The summed E-state index contributed by atoms with van der Waals surface area (Å²) in [5.41, 5.74) is 2.97. The fourth-order valence-corrected chi connectivity index (χ4v) is 3.41. The molecule has 19 heavy (non-hydrogen) atoms. The second-order valence-corrected chi connectivity index (χ2v) is 8.24.